The summed E-state index contributed by atoms with van der Waals surface area (Å²) in [4.78, 5) is 12.9. The molecule has 0 fully saturated rings. The third-order valence-electron chi connectivity index (χ3n) is 1.93. The van der Waals surface area contributed by atoms with Crippen molar-refractivity contribution in [3.63, 3.8) is 0 Å². The molecule has 17 heavy (non-hydrogen) atoms. The number of hydrogen-bond acceptors (Lipinski definition) is 4. The van der Waals surface area contributed by atoms with Crippen LogP contribution in [0.3, 0.4) is 0 Å². The summed E-state index contributed by atoms with van der Waals surface area (Å²) in [5.41, 5.74) is -0.0909. The van der Waals surface area contributed by atoms with Crippen molar-refractivity contribution in [2.45, 2.75) is 0 Å². The maximum absolute atomic E-state index is 13.6. The Morgan fingerprint density at radius 3 is 2.94 bits per heavy atom. The normalized spacial score (nSPS) is 10.3. The third-order valence-corrected chi connectivity index (χ3v) is 2.54. The molecule has 0 saturated carbocycles. The highest BCUT2D eigenvalue weighted by molar-refractivity contribution is 9.10. The lowest BCUT2D eigenvalue weighted by molar-refractivity contribution is 0.102. The molecule has 1 heterocycles. The second-order valence-corrected chi connectivity index (χ2v) is 4.01. The van der Waals surface area contributed by atoms with Gasteiger partial charge in [-0.25, -0.2) is 4.39 Å². The Labute approximate surface area is 104 Å². The van der Waals surface area contributed by atoms with E-state index in [1.54, 1.807) is 13.1 Å². The van der Waals surface area contributed by atoms with E-state index in [9.17, 15) is 9.18 Å². The van der Waals surface area contributed by atoms with Gasteiger partial charge < -0.3 is 0 Å². The molecule has 0 aliphatic rings. The van der Waals surface area contributed by atoms with E-state index in [4.69, 9.17) is 0 Å². The summed E-state index contributed by atoms with van der Waals surface area (Å²) in [5.74, 6) is -1.23. The first kappa shape index (κ1) is 11.6. The zero-order chi connectivity index (χ0) is 12.4. The fraction of sp³-hybridized carbons (Fsp3) is 0.111. The number of carbonyl (C=O) groups is 1. The highest BCUT2D eigenvalue weighted by Crippen LogP contribution is 2.19. The first-order chi connectivity index (χ1) is 8.08. The number of halogens is 2. The first-order valence-electron chi connectivity index (χ1n) is 4.57. The Kier molecular flexibility index (Phi) is 3.14. The maximum atomic E-state index is 13.6. The van der Waals surface area contributed by atoms with Gasteiger partial charge in [0.2, 0.25) is 0 Å². The molecule has 0 aliphatic carbocycles. The average Bonchev–Trinajstić information content (AvgIpc) is 2.68. The average molecular weight is 300 g/mol. The van der Waals surface area contributed by atoms with Crippen LogP contribution in [0.4, 0.5) is 10.3 Å². The molecule has 1 amide bonds. The van der Waals surface area contributed by atoms with Crippen molar-refractivity contribution in [1.82, 2.24) is 20.2 Å². The van der Waals surface area contributed by atoms with Gasteiger partial charge in [0, 0.05) is 0 Å². The number of rotatable bonds is 2. The number of tetrazole rings is 1. The smallest absolute Gasteiger partial charge is 0.270 e. The third kappa shape index (κ3) is 2.47. The molecule has 1 aromatic carbocycles. The van der Waals surface area contributed by atoms with Crippen molar-refractivity contribution in [2.75, 3.05) is 5.32 Å². The van der Waals surface area contributed by atoms with Gasteiger partial charge in [-0.3, -0.25) is 10.1 Å². The van der Waals surface area contributed by atoms with Crippen molar-refractivity contribution in [3.8, 4) is 0 Å². The number of carbonyl (C=O) groups excluding carboxylic acids is 1. The van der Waals surface area contributed by atoms with Crippen LogP contribution in [0.25, 0.3) is 0 Å². The van der Waals surface area contributed by atoms with Crippen LogP contribution in [-0.2, 0) is 7.05 Å². The zero-order valence-electron chi connectivity index (χ0n) is 8.69. The number of aryl methyl sites for hydroxylation is 1. The summed E-state index contributed by atoms with van der Waals surface area (Å²) >= 11 is 3.00. The molecule has 0 unspecified atom stereocenters. The Balaban J connectivity index is 2.23. The predicted molar refractivity (Wildman–Crippen MR) is 60.9 cm³/mol. The van der Waals surface area contributed by atoms with Crippen molar-refractivity contribution in [1.29, 1.82) is 0 Å². The zero-order valence-corrected chi connectivity index (χ0v) is 10.3. The van der Waals surface area contributed by atoms with Gasteiger partial charge >= 0.3 is 0 Å². The highest BCUT2D eigenvalue weighted by Gasteiger charge is 2.15. The molecule has 6 nitrogen and oxygen atoms in total. The van der Waals surface area contributed by atoms with E-state index in [1.807, 2.05) is 0 Å². The van der Waals surface area contributed by atoms with Gasteiger partial charge in [-0.05, 0) is 33.3 Å². The standard InChI is InChI=1S/C9H7BrFN5O/c1-16-14-9(13-15-16)12-8(17)5-3-2-4-6(10)7(5)11/h2-4H,1H3,(H,12,14,17). The Hall–Kier alpha value is -1.83. The van der Waals surface area contributed by atoms with Crippen LogP contribution in [-0.4, -0.2) is 26.1 Å². The minimum atomic E-state index is -0.631. The molecular weight excluding hydrogens is 293 g/mol. The molecule has 1 N–H and O–H groups in total. The lowest BCUT2D eigenvalue weighted by atomic mass is 10.2. The minimum Gasteiger partial charge on any atom is -0.288 e. The number of hydrogen-bond donors (Lipinski definition) is 1. The number of aromatic nitrogens is 4. The number of amides is 1. The monoisotopic (exact) mass is 299 g/mol. The molecule has 0 saturated heterocycles. The fourth-order valence-corrected chi connectivity index (χ4v) is 1.55. The second kappa shape index (κ2) is 4.58. The molecule has 2 aromatic rings. The summed E-state index contributed by atoms with van der Waals surface area (Å²) in [7, 11) is 1.56. The molecule has 2 rings (SSSR count). The minimum absolute atomic E-state index is 0.0249. The molecule has 0 spiro atoms. The highest BCUT2D eigenvalue weighted by atomic mass is 79.9. The predicted octanol–water partition coefficient (Wildman–Crippen LogP) is 1.36. The molecule has 0 atom stereocenters. The Bertz CT molecular complexity index is 570. The molecule has 8 heteroatoms. The molecule has 0 aliphatic heterocycles. The van der Waals surface area contributed by atoms with Crippen molar-refractivity contribution < 1.29 is 9.18 Å². The summed E-state index contributed by atoms with van der Waals surface area (Å²) in [5, 5.41) is 13.2. The van der Waals surface area contributed by atoms with Crippen molar-refractivity contribution in [3.05, 3.63) is 34.1 Å². The van der Waals surface area contributed by atoms with Crippen LogP contribution in [0.5, 0.6) is 0 Å². The van der Waals surface area contributed by atoms with Gasteiger partial charge in [-0.15, -0.1) is 5.10 Å². The van der Waals surface area contributed by atoms with Gasteiger partial charge in [-0.2, -0.15) is 4.80 Å². The lowest BCUT2D eigenvalue weighted by Crippen LogP contribution is -2.15. The summed E-state index contributed by atoms with van der Waals surface area (Å²) in [6, 6.07) is 4.44. The van der Waals surface area contributed by atoms with Crippen LogP contribution >= 0.6 is 15.9 Å². The maximum Gasteiger partial charge on any atom is 0.270 e. The van der Waals surface area contributed by atoms with E-state index in [0.717, 1.165) is 0 Å². The van der Waals surface area contributed by atoms with Crippen LogP contribution in [0.2, 0.25) is 0 Å². The molecule has 88 valence electrons. The van der Waals surface area contributed by atoms with Gasteiger partial charge in [0.1, 0.15) is 5.82 Å². The van der Waals surface area contributed by atoms with E-state index in [0.29, 0.717) is 0 Å². The summed E-state index contributed by atoms with van der Waals surface area (Å²) < 4.78 is 13.8. The quantitative estimate of drug-likeness (QED) is 0.909. The summed E-state index contributed by atoms with van der Waals surface area (Å²) in [6.07, 6.45) is 0. The number of nitrogens with zero attached hydrogens (tertiary/aromatic N) is 4. The molecule has 1 aromatic heterocycles. The number of anilines is 1. The van der Waals surface area contributed by atoms with E-state index in [1.165, 1.54) is 16.9 Å². The van der Waals surface area contributed by atoms with E-state index in [-0.39, 0.29) is 16.0 Å². The second-order valence-electron chi connectivity index (χ2n) is 3.16. The van der Waals surface area contributed by atoms with Gasteiger partial charge in [-0.1, -0.05) is 11.2 Å². The van der Waals surface area contributed by atoms with Gasteiger partial charge in [0.25, 0.3) is 11.9 Å². The topological polar surface area (TPSA) is 72.7 Å². The Morgan fingerprint density at radius 2 is 2.29 bits per heavy atom. The Morgan fingerprint density at radius 1 is 1.53 bits per heavy atom. The fourth-order valence-electron chi connectivity index (χ4n) is 1.18. The SMILES string of the molecule is Cn1nnc(NC(=O)c2cccc(Br)c2F)n1. The van der Waals surface area contributed by atoms with Crippen molar-refractivity contribution in [2.24, 2.45) is 7.05 Å². The number of nitrogens with one attached hydrogen (secondary N) is 1. The first-order valence-corrected chi connectivity index (χ1v) is 5.36. The van der Waals surface area contributed by atoms with Gasteiger partial charge in [0.05, 0.1) is 17.1 Å². The molecular formula is C9H7BrFN5O. The van der Waals surface area contributed by atoms with Crippen LogP contribution in [0, 0.1) is 5.82 Å². The van der Waals surface area contributed by atoms with E-state index < -0.39 is 11.7 Å². The number of benzene rings is 1. The summed E-state index contributed by atoms with van der Waals surface area (Å²) in [6.45, 7) is 0. The molecule has 0 bridgehead atoms. The van der Waals surface area contributed by atoms with Crippen molar-refractivity contribution >= 4 is 27.8 Å². The lowest BCUT2D eigenvalue weighted by Gasteiger charge is -2.03. The largest absolute Gasteiger partial charge is 0.288 e. The van der Waals surface area contributed by atoms with E-state index >= 15 is 0 Å². The van der Waals surface area contributed by atoms with Crippen LogP contribution < -0.4 is 5.32 Å². The van der Waals surface area contributed by atoms with Gasteiger partial charge in [0.15, 0.2) is 0 Å². The molecule has 0 radical (unpaired) electrons. The van der Waals surface area contributed by atoms with E-state index in [2.05, 4.69) is 36.7 Å². The van der Waals surface area contributed by atoms with Crippen LogP contribution in [0.1, 0.15) is 10.4 Å². The van der Waals surface area contributed by atoms with Crippen LogP contribution in [0.15, 0.2) is 22.7 Å².